The molecule has 5 amide bonds. The lowest BCUT2D eigenvalue weighted by Crippen LogP contribution is -2.23. The Kier molecular flexibility index (Phi) is 175. The van der Waals surface area contributed by atoms with Crippen molar-refractivity contribution in [3.05, 3.63) is 0 Å². The zero-order valence-electron chi connectivity index (χ0n) is 97.2. The van der Waals surface area contributed by atoms with Gasteiger partial charge in [-0.3, -0.25) is 38.4 Å². The van der Waals surface area contributed by atoms with Crippen LogP contribution in [0.2, 0.25) is 0 Å². The van der Waals surface area contributed by atoms with Gasteiger partial charge in [-0.05, 0) is 131 Å². The molecular weight excluding hydrogens is 1760 g/mol. The molecule has 22 heteroatoms. The molecule has 838 valence electrons. The molecule has 0 spiro atoms. The third kappa shape index (κ3) is 214. The van der Waals surface area contributed by atoms with Crippen LogP contribution >= 0.6 is 0 Å². The summed E-state index contributed by atoms with van der Waals surface area (Å²) in [6.07, 6.45) is 76.3. The number of hydrogen-bond donors (Lipinski definition) is 5. The lowest BCUT2D eigenvalue weighted by molar-refractivity contribution is -0.121. The first-order valence-corrected chi connectivity index (χ1v) is 57.9. The van der Waals surface area contributed by atoms with E-state index < -0.39 is 0 Å². The molecule has 0 saturated heterocycles. The number of ketones is 8. The molecular formula is C118H239N5O17. The molecule has 0 aromatic rings. The lowest BCUT2D eigenvalue weighted by atomic mass is 10.1. The Bertz CT molecular complexity index is 2380. The molecule has 0 aliphatic carbocycles. The molecule has 0 saturated carbocycles. The van der Waals surface area contributed by atoms with E-state index in [0.717, 1.165) is 200 Å². The number of nitrogens with one attached hydrogen (secondary N) is 5. The monoisotopic (exact) mass is 2000 g/mol. The summed E-state index contributed by atoms with van der Waals surface area (Å²) in [5.41, 5.74) is 0. The van der Waals surface area contributed by atoms with E-state index in [1.54, 1.807) is 48.5 Å². The summed E-state index contributed by atoms with van der Waals surface area (Å²) in [7, 11) is 0. The third-order valence-electron chi connectivity index (χ3n) is 21.7. The molecule has 0 atom stereocenters. The second-order valence-electron chi connectivity index (χ2n) is 37.0. The summed E-state index contributed by atoms with van der Waals surface area (Å²) in [6.45, 7) is 55.7. The zero-order valence-corrected chi connectivity index (χ0v) is 97.2. The van der Waals surface area contributed by atoms with Gasteiger partial charge < -0.3 is 69.5 Å². The van der Waals surface area contributed by atoms with Crippen molar-refractivity contribution in [3.8, 4) is 0 Å². The van der Waals surface area contributed by atoms with E-state index in [0.29, 0.717) is 126 Å². The molecule has 0 aromatic carbocycles. The topological polar surface area (TPSA) is 319 Å². The summed E-state index contributed by atoms with van der Waals surface area (Å²) in [5, 5.41) is 14.0. The van der Waals surface area contributed by atoms with E-state index in [-0.39, 0.29) is 46.9 Å². The van der Waals surface area contributed by atoms with Gasteiger partial charge in [-0.2, -0.15) is 0 Å². The fraction of sp³-hybridized carbons (Fsp3) is 0.890. The van der Waals surface area contributed by atoms with Crippen molar-refractivity contribution < 1.29 is 81.3 Å². The Morgan fingerprint density at radius 2 is 0.314 bits per heavy atom. The van der Waals surface area contributed by atoms with E-state index in [9.17, 15) is 62.3 Å². The van der Waals surface area contributed by atoms with Gasteiger partial charge >= 0.3 is 0 Å². The van der Waals surface area contributed by atoms with E-state index >= 15 is 0 Å². The third-order valence-corrected chi connectivity index (χ3v) is 21.7. The Morgan fingerprint density at radius 1 is 0.150 bits per heavy atom. The summed E-state index contributed by atoms with van der Waals surface area (Å²) in [5.74, 6) is 2.99. The van der Waals surface area contributed by atoms with Gasteiger partial charge in [0.05, 0.1) is 26.4 Å². The average Bonchev–Trinajstić information content (AvgIpc) is 1.13. The average molecular weight is 2000 g/mol. The number of unbranched alkanes of at least 4 members (excludes halogenated alkanes) is 41. The molecule has 0 aromatic heterocycles. The minimum atomic E-state index is 0.0431. The molecule has 0 radical (unpaired) electrons. The quantitative estimate of drug-likeness (QED) is 0.0353. The number of carbonyl (C=O) groups excluding carboxylic acids is 13. The number of hydrogen-bond acceptors (Lipinski definition) is 17. The highest BCUT2D eigenvalue weighted by Crippen LogP contribution is 2.14. The maximum Gasteiger partial charge on any atom is 0.219 e. The SMILES string of the molecule is CC(=O)CCCCCCCNC(C)=O.CCC(=O)CCCCCNC(=O)CC.CCC(=O)CCCOCCOCCOCCCC(=O)CC.CCCCC(C)=O.CCCCCCC.CCCCCCC(C)=O.CCCCCCCCCCC(C)=O.CCCCCCCCCCC(C)=O.CCCCCCCCCNC(C)=O.CCCCCCCNC(C)=O.CCCCCCNC(=O)CC.CCCOCCC. The summed E-state index contributed by atoms with van der Waals surface area (Å²) >= 11 is 0. The number of Topliss-reactive ketones (excluding diaryl/α,β-unsaturated/α-hetero) is 8. The van der Waals surface area contributed by atoms with Crippen LogP contribution in [0.4, 0.5) is 0 Å². The Morgan fingerprint density at radius 3 is 0.521 bits per heavy atom. The molecule has 0 unspecified atom stereocenters. The number of amides is 5. The molecule has 0 rings (SSSR count). The summed E-state index contributed by atoms with van der Waals surface area (Å²) < 4.78 is 21.2. The first-order valence-electron chi connectivity index (χ1n) is 57.9. The van der Waals surface area contributed by atoms with Gasteiger partial charge in [-0.15, -0.1) is 0 Å². The van der Waals surface area contributed by atoms with Crippen LogP contribution in [0.5, 0.6) is 0 Å². The van der Waals surface area contributed by atoms with Gasteiger partial charge in [-0.25, -0.2) is 0 Å². The highest BCUT2D eigenvalue weighted by Gasteiger charge is 2.05. The molecule has 140 heavy (non-hydrogen) atoms. The Labute approximate surface area is 867 Å². The van der Waals surface area contributed by atoms with Crippen molar-refractivity contribution in [1.82, 2.24) is 26.6 Å². The van der Waals surface area contributed by atoms with Crippen molar-refractivity contribution >= 4 is 75.8 Å². The smallest absolute Gasteiger partial charge is 0.219 e. The standard InChI is InChI=1S/C16H30O5.2C12H24O.2C11H21NO2.C11H23NO.2C9H19NO.C8H16O.C7H16.C6H12O.C6H14O/c1-3-15(17)7-5-9-19-11-13-21-14-12-20-10-6-8-16(18)4-2;2*1-3-4-5-6-7-8-9-10-11-12(2)13;1-10(13)8-6-4-3-5-7-9-12-11(2)14;1-3-10(13)8-6-5-7-9-12-11(14)4-2;1-3-4-5-6-7-8-9-10-12-11(2)13;1-3-4-5-6-7-8-10-9(2)11;1-3-5-6-7-8-10-9(11)4-2;1-3-4-5-6-7-8(2)9;1-3-5-7-6-4-2;1-3-4-5-6(2)7;1-3-5-7-6-4-2/h3-14H2,1-2H3;2*3-11H2,1-2H3;2*3-9H2,1-2H3,(H,12,14);3-10H2,1-2H3,(H,12,13);2*3-8H2,1-2H3,(H,10,11);3-7H2,1-2H3;3-7H2,1-2H3;3-5H2,1-2H3;3-6H2,1-2H3. The maximum atomic E-state index is 11.0. The summed E-state index contributed by atoms with van der Waals surface area (Å²) in [6, 6.07) is 0. The van der Waals surface area contributed by atoms with Gasteiger partial charge in [0.1, 0.15) is 46.3 Å². The van der Waals surface area contributed by atoms with Gasteiger partial charge in [0.15, 0.2) is 0 Å². The highest BCUT2D eigenvalue weighted by atomic mass is 16.5. The van der Waals surface area contributed by atoms with E-state index in [2.05, 4.69) is 103 Å². The van der Waals surface area contributed by atoms with E-state index in [4.69, 9.17) is 18.9 Å². The molecule has 0 fully saturated rings. The van der Waals surface area contributed by atoms with Gasteiger partial charge in [-0.1, -0.05) is 368 Å². The zero-order chi connectivity index (χ0) is 108. The first kappa shape index (κ1) is 160. The first-order chi connectivity index (χ1) is 67.3. The van der Waals surface area contributed by atoms with Crippen molar-refractivity contribution in [3.63, 3.8) is 0 Å². The van der Waals surface area contributed by atoms with E-state index in [1.165, 1.54) is 232 Å². The van der Waals surface area contributed by atoms with Gasteiger partial charge in [0.25, 0.3) is 0 Å². The molecule has 0 aliphatic rings. The van der Waals surface area contributed by atoms with Crippen LogP contribution < -0.4 is 26.6 Å². The van der Waals surface area contributed by atoms with Crippen LogP contribution in [-0.2, 0) is 81.3 Å². The highest BCUT2D eigenvalue weighted by molar-refractivity contribution is 5.80. The maximum absolute atomic E-state index is 11.0. The van der Waals surface area contributed by atoms with Crippen molar-refractivity contribution in [1.29, 1.82) is 0 Å². The van der Waals surface area contributed by atoms with Crippen molar-refractivity contribution in [2.24, 2.45) is 0 Å². The predicted molar refractivity (Wildman–Crippen MR) is 599 cm³/mol. The number of carbonyl (C=O) groups is 13. The summed E-state index contributed by atoms with van der Waals surface area (Å²) in [4.78, 5) is 138. The fourth-order valence-electron chi connectivity index (χ4n) is 12.6. The molecule has 0 heterocycles. The minimum Gasteiger partial charge on any atom is -0.381 e. The van der Waals surface area contributed by atoms with Crippen molar-refractivity contribution in [2.45, 2.75) is 603 Å². The van der Waals surface area contributed by atoms with Crippen LogP contribution in [0.25, 0.3) is 0 Å². The number of rotatable bonds is 86. The minimum absolute atomic E-state index is 0.0431. The lowest BCUT2D eigenvalue weighted by Gasteiger charge is -2.06. The predicted octanol–water partition coefficient (Wildman–Crippen LogP) is 31.0. The van der Waals surface area contributed by atoms with Crippen molar-refractivity contribution in [2.75, 3.05) is 85.6 Å². The second-order valence-corrected chi connectivity index (χ2v) is 37.0. The van der Waals surface area contributed by atoms with Crippen LogP contribution in [0.3, 0.4) is 0 Å². The number of ether oxygens (including phenoxy) is 4. The van der Waals surface area contributed by atoms with Crippen LogP contribution in [0.15, 0.2) is 0 Å². The van der Waals surface area contributed by atoms with Gasteiger partial charge in [0.2, 0.25) is 29.5 Å². The van der Waals surface area contributed by atoms with Gasteiger partial charge in [0, 0.05) is 163 Å². The van der Waals surface area contributed by atoms with E-state index in [1.807, 2.05) is 34.6 Å². The molecule has 0 bridgehead atoms. The normalized spacial score (nSPS) is 9.94. The molecule has 0 aliphatic heterocycles. The molecule has 5 N–H and O–H groups in total. The second kappa shape index (κ2) is 154. The Hall–Kier alpha value is -5.45. The largest absolute Gasteiger partial charge is 0.381 e. The van der Waals surface area contributed by atoms with Crippen LogP contribution in [0.1, 0.15) is 603 Å². The molecule has 22 nitrogen and oxygen atoms in total. The van der Waals surface area contributed by atoms with Crippen LogP contribution in [0, 0.1) is 0 Å². The fourth-order valence-corrected chi connectivity index (χ4v) is 12.6. The van der Waals surface area contributed by atoms with Crippen LogP contribution in [-0.4, -0.2) is 161 Å². The Balaban J connectivity index is -0.000000129.